The van der Waals surface area contributed by atoms with Gasteiger partial charge >= 0.3 is 0 Å². The number of nitrogens with zero attached hydrogens (tertiary/aromatic N) is 1. The number of thiophene rings is 1. The molecule has 1 heterocycles. The molecule has 2 rings (SSSR count). The van der Waals surface area contributed by atoms with Crippen LogP contribution < -0.4 is 5.32 Å². The van der Waals surface area contributed by atoms with Crippen molar-refractivity contribution in [2.75, 3.05) is 0 Å². The first-order chi connectivity index (χ1) is 10.0. The summed E-state index contributed by atoms with van der Waals surface area (Å²) in [6.07, 6.45) is 3.82. The SMILES string of the molecule is C[C@@H]1CCC[C@@](C#N)(NC(=O)CCC(=O)c2cccs2)C1. The third-order valence-electron chi connectivity index (χ3n) is 3.97. The summed E-state index contributed by atoms with van der Waals surface area (Å²) < 4.78 is 0. The molecule has 0 unspecified atom stereocenters. The average Bonchev–Trinajstić information content (AvgIpc) is 2.99. The Balaban J connectivity index is 1.86. The number of ketones is 1. The Morgan fingerprint density at radius 1 is 1.52 bits per heavy atom. The lowest BCUT2D eigenvalue weighted by atomic mass is 9.77. The zero-order valence-corrected chi connectivity index (χ0v) is 13.0. The van der Waals surface area contributed by atoms with Crippen molar-refractivity contribution in [3.8, 4) is 6.07 Å². The molecular formula is C16H20N2O2S. The van der Waals surface area contributed by atoms with Gasteiger partial charge in [-0.1, -0.05) is 19.4 Å². The molecule has 1 aromatic rings. The molecule has 21 heavy (non-hydrogen) atoms. The minimum atomic E-state index is -0.735. The van der Waals surface area contributed by atoms with Crippen molar-refractivity contribution in [3.05, 3.63) is 22.4 Å². The van der Waals surface area contributed by atoms with Gasteiger partial charge in [-0.3, -0.25) is 9.59 Å². The maximum absolute atomic E-state index is 12.0. The van der Waals surface area contributed by atoms with Crippen LogP contribution >= 0.6 is 11.3 Å². The van der Waals surface area contributed by atoms with E-state index in [0.717, 1.165) is 12.8 Å². The van der Waals surface area contributed by atoms with Gasteiger partial charge in [0.2, 0.25) is 5.91 Å². The highest BCUT2D eigenvalue weighted by atomic mass is 32.1. The van der Waals surface area contributed by atoms with Crippen molar-refractivity contribution in [3.63, 3.8) is 0 Å². The van der Waals surface area contributed by atoms with Gasteiger partial charge in [0.15, 0.2) is 5.78 Å². The molecule has 2 atom stereocenters. The first kappa shape index (κ1) is 15.7. The van der Waals surface area contributed by atoms with Gasteiger partial charge in [-0.15, -0.1) is 11.3 Å². The summed E-state index contributed by atoms with van der Waals surface area (Å²) in [7, 11) is 0. The van der Waals surface area contributed by atoms with Crippen LogP contribution in [0.3, 0.4) is 0 Å². The van der Waals surface area contributed by atoms with E-state index in [9.17, 15) is 14.9 Å². The van der Waals surface area contributed by atoms with E-state index >= 15 is 0 Å². The molecule has 0 aliphatic heterocycles. The van der Waals surface area contributed by atoms with Crippen molar-refractivity contribution in [2.24, 2.45) is 5.92 Å². The maximum atomic E-state index is 12.0. The van der Waals surface area contributed by atoms with Gasteiger partial charge in [0, 0.05) is 12.8 Å². The summed E-state index contributed by atoms with van der Waals surface area (Å²) in [5.74, 6) is 0.241. The first-order valence-corrected chi connectivity index (χ1v) is 8.21. The van der Waals surface area contributed by atoms with Gasteiger partial charge in [-0.05, 0) is 36.6 Å². The van der Waals surface area contributed by atoms with Gasteiger partial charge in [0.05, 0.1) is 10.9 Å². The van der Waals surface area contributed by atoms with E-state index in [4.69, 9.17) is 0 Å². The molecular weight excluding hydrogens is 284 g/mol. The third kappa shape index (κ3) is 4.15. The number of rotatable bonds is 5. The van der Waals surface area contributed by atoms with Gasteiger partial charge in [0.25, 0.3) is 0 Å². The fourth-order valence-corrected chi connectivity index (χ4v) is 3.61. The highest BCUT2D eigenvalue weighted by molar-refractivity contribution is 7.12. The van der Waals surface area contributed by atoms with Crippen LogP contribution in [-0.2, 0) is 4.79 Å². The highest BCUT2D eigenvalue weighted by Crippen LogP contribution is 2.31. The quantitative estimate of drug-likeness (QED) is 0.848. The number of Topliss-reactive ketones (excluding diaryl/α,β-unsaturated/α-hetero) is 1. The number of carbonyl (C=O) groups excluding carboxylic acids is 2. The number of nitrogens with one attached hydrogen (secondary N) is 1. The second kappa shape index (κ2) is 6.86. The van der Waals surface area contributed by atoms with Crippen LogP contribution in [-0.4, -0.2) is 17.2 Å². The first-order valence-electron chi connectivity index (χ1n) is 7.34. The standard InChI is InChI=1S/C16H20N2O2S/c1-12-4-2-8-16(10-12,11-17)18-15(20)7-6-13(19)14-5-3-9-21-14/h3,5,9,12H,2,4,6-8,10H2,1H3,(H,18,20)/t12-,16-/m1/s1. The number of hydrogen-bond acceptors (Lipinski definition) is 4. The Kier molecular flexibility index (Phi) is 5.13. The second-order valence-electron chi connectivity index (χ2n) is 5.84. The molecule has 0 aromatic carbocycles. The molecule has 0 saturated heterocycles. The average molecular weight is 304 g/mol. The number of nitriles is 1. The largest absolute Gasteiger partial charge is 0.338 e. The summed E-state index contributed by atoms with van der Waals surface area (Å²) in [6.45, 7) is 2.11. The molecule has 0 bridgehead atoms. The number of hydrogen-bond donors (Lipinski definition) is 1. The summed E-state index contributed by atoms with van der Waals surface area (Å²) in [5.41, 5.74) is -0.735. The smallest absolute Gasteiger partial charge is 0.221 e. The van der Waals surface area contributed by atoms with Crippen LogP contribution in [0, 0.1) is 17.2 Å². The Hall–Kier alpha value is -1.67. The minimum Gasteiger partial charge on any atom is -0.338 e. The van der Waals surface area contributed by atoms with E-state index in [1.54, 1.807) is 6.07 Å². The molecule has 4 nitrogen and oxygen atoms in total. The van der Waals surface area contributed by atoms with E-state index in [2.05, 4.69) is 18.3 Å². The predicted octanol–water partition coefficient (Wildman–Crippen LogP) is 3.30. The molecule has 1 aliphatic rings. The van der Waals surface area contributed by atoms with E-state index in [1.165, 1.54) is 11.3 Å². The van der Waals surface area contributed by atoms with Crippen LogP contribution in [0.4, 0.5) is 0 Å². The zero-order chi connectivity index (χ0) is 15.3. The monoisotopic (exact) mass is 304 g/mol. The van der Waals surface area contributed by atoms with Crippen LogP contribution in [0.2, 0.25) is 0 Å². The van der Waals surface area contributed by atoms with E-state index in [0.29, 0.717) is 23.6 Å². The zero-order valence-electron chi connectivity index (χ0n) is 12.2. The fourth-order valence-electron chi connectivity index (χ4n) is 2.91. The Labute approximate surface area is 129 Å². The van der Waals surface area contributed by atoms with E-state index < -0.39 is 5.54 Å². The molecule has 5 heteroatoms. The summed E-state index contributed by atoms with van der Waals surface area (Å²) >= 11 is 1.39. The van der Waals surface area contributed by atoms with Gasteiger partial charge < -0.3 is 5.32 Å². The highest BCUT2D eigenvalue weighted by Gasteiger charge is 2.36. The van der Waals surface area contributed by atoms with Gasteiger partial charge in [-0.2, -0.15) is 5.26 Å². The summed E-state index contributed by atoms with van der Waals surface area (Å²) in [6, 6.07) is 5.87. The molecule has 1 N–H and O–H groups in total. The predicted molar refractivity (Wildman–Crippen MR) is 82.0 cm³/mol. The molecule has 1 saturated carbocycles. The Morgan fingerprint density at radius 3 is 2.95 bits per heavy atom. The van der Waals surface area contributed by atoms with Gasteiger partial charge in [-0.25, -0.2) is 0 Å². The molecule has 1 amide bonds. The summed E-state index contributed by atoms with van der Waals surface area (Å²) in [4.78, 5) is 24.6. The lowest BCUT2D eigenvalue weighted by Crippen LogP contribution is -2.50. The van der Waals surface area contributed by atoms with Crippen molar-refractivity contribution >= 4 is 23.0 Å². The second-order valence-corrected chi connectivity index (χ2v) is 6.79. The topological polar surface area (TPSA) is 70.0 Å². The van der Waals surface area contributed by atoms with Crippen LogP contribution in [0.15, 0.2) is 17.5 Å². The van der Waals surface area contributed by atoms with Crippen molar-refractivity contribution < 1.29 is 9.59 Å². The third-order valence-corrected chi connectivity index (χ3v) is 4.88. The molecule has 1 aliphatic carbocycles. The summed E-state index contributed by atoms with van der Waals surface area (Å²) in [5, 5.41) is 14.1. The maximum Gasteiger partial charge on any atom is 0.221 e. The van der Waals surface area contributed by atoms with Crippen LogP contribution in [0.1, 0.15) is 55.1 Å². The van der Waals surface area contributed by atoms with Crippen LogP contribution in [0.25, 0.3) is 0 Å². The normalized spacial score (nSPS) is 25.0. The molecule has 112 valence electrons. The molecule has 0 radical (unpaired) electrons. The fraction of sp³-hybridized carbons (Fsp3) is 0.562. The van der Waals surface area contributed by atoms with Gasteiger partial charge in [0.1, 0.15) is 5.54 Å². The van der Waals surface area contributed by atoms with E-state index in [1.807, 2.05) is 11.4 Å². The van der Waals surface area contributed by atoms with E-state index in [-0.39, 0.29) is 24.5 Å². The van der Waals surface area contributed by atoms with Crippen molar-refractivity contribution in [1.82, 2.24) is 5.32 Å². The Bertz CT molecular complexity index is 547. The minimum absolute atomic E-state index is 0.0110. The molecule has 0 spiro atoms. The number of carbonyl (C=O) groups is 2. The van der Waals surface area contributed by atoms with Crippen molar-refractivity contribution in [2.45, 2.75) is 51.0 Å². The van der Waals surface area contributed by atoms with Crippen LogP contribution in [0.5, 0.6) is 0 Å². The lowest BCUT2D eigenvalue weighted by Gasteiger charge is -2.35. The molecule has 1 aromatic heterocycles. The Morgan fingerprint density at radius 2 is 2.33 bits per heavy atom. The van der Waals surface area contributed by atoms with Crippen molar-refractivity contribution in [1.29, 1.82) is 5.26 Å². The molecule has 1 fully saturated rings. The number of amides is 1. The lowest BCUT2D eigenvalue weighted by molar-refractivity contribution is -0.122.